The maximum atomic E-state index is 15.1. The Hall–Kier alpha value is -3.73. The Morgan fingerprint density at radius 3 is 2.23 bits per heavy atom. The minimum Gasteiger partial charge on any atom is -0.465 e. The van der Waals surface area contributed by atoms with Crippen LogP contribution >= 0.6 is 0 Å². The standard InChI is InChI=1S/C37H49FN4O6/c1-26(21-27-9-3-2-4-10-27)33(44)41-16-15-37(48,36(24-41)13-7-8-14-36)25-42-23-30(34(45)39-17-19-40(20-18-39)35(46)47)29(22-32(42)43)28-11-5-6-12-31(28)38/h5-6,11-12,22-23,26-27,48H,2-4,7-10,13-21,24-25H2,1H3,(H,46,47)/t26-,37-/m1/s1. The molecule has 3 heterocycles. The quantitative estimate of drug-likeness (QED) is 0.419. The second-order valence-electron chi connectivity index (χ2n) is 14.8. The number of benzene rings is 1. The van der Waals surface area contributed by atoms with E-state index in [1.807, 2.05) is 11.8 Å². The number of pyridine rings is 1. The van der Waals surface area contributed by atoms with Crippen LogP contribution in [0.2, 0.25) is 0 Å². The van der Waals surface area contributed by atoms with E-state index in [9.17, 15) is 29.4 Å². The summed E-state index contributed by atoms with van der Waals surface area (Å²) in [6, 6.07) is 7.25. The Kier molecular flexibility index (Phi) is 9.97. The Morgan fingerprint density at radius 1 is 0.896 bits per heavy atom. The van der Waals surface area contributed by atoms with E-state index in [1.54, 1.807) is 6.07 Å². The maximum Gasteiger partial charge on any atom is 0.407 e. The number of carbonyl (C=O) groups is 3. The van der Waals surface area contributed by atoms with Gasteiger partial charge in [0, 0.05) is 74.0 Å². The van der Waals surface area contributed by atoms with Gasteiger partial charge in [0.15, 0.2) is 0 Å². The van der Waals surface area contributed by atoms with E-state index >= 15 is 4.39 Å². The number of rotatable bonds is 7. The number of aromatic nitrogens is 1. The molecular formula is C37H49FN4O6. The molecule has 2 aromatic rings. The number of carbonyl (C=O) groups excluding carboxylic acids is 2. The minimum absolute atomic E-state index is 0.0455. The molecule has 1 aromatic carbocycles. The number of piperazine rings is 1. The number of carboxylic acid groups (broad SMARTS) is 1. The highest BCUT2D eigenvalue weighted by atomic mass is 19.1. The van der Waals surface area contributed by atoms with Crippen molar-refractivity contribution >= 4 is 17.9 Å². The fraction of sp³-hybridized carbons (Fsp3) is 0.622. The summed E-state index contributed by atoms with van der Waals surface area (Å²) in [6.07, 6.45) is 11.1. The van der Waals surface area contributed by atoms with E-state index < -0.39 is 34.4 Å². The molecule has 48 heavy (non-hydrogen) atoms. The Morgan fingerprint density at radius 2 is 1.56 bits per heavy atom. The third-order valence-corrected chi connectivity index (χ3v) is 11.8. The van der Waals surface area contributed by atoms with Crippen LogP contribution in [0.15, 0.2) is 41.3 Å². The van der Waals surface area contributed by atoms with Crippen LogP contribution in [0, 0.1) is 23.1 Å². The predicted octanol–water partition coefficient (Wildman–Crippen LogP) is 5.22. The molecule has 260 valence electrons. The van der Waals surface area contributed by atoms with Crippen molar-refractivity contribution in [2.24, 2.45) is 17.3 Å². The van der Waals surface area contributed by atoms with E-state index in [1.165, 1.54) is 76.9 Å². The van der Waals surface area contributed by atoms with E-state index in [-0.39, 0.29) is 61.2 Å². The molecule has 2 aliphatic heterocycles. The first kappa shape index (κ1) is 34.1. The molecule has 1 spiro atoms. The number of piperidine rings is 1. The fourth-order valence-corrected chi connectivity index (χ4v) is 8.94. The SMILES string of the molecule is C[C@H](CC1CCCCC1)C(=O)N1CC[C@@](O)(Cn2cc(C(=O)N3CCN(C(=O)O)CC3)c(-c3ccccc3F)cc2=O)C2(CCCC2)C1. The van der Waals surface area contributed by atoms with Gasteiger partial charge in [-0.15, -0.1) is 0 Å². The Balaban J connectivity index is 1.28. The average molecular weight is 665 g/mol. The monoisotopic (exact) mass is 664 g/mol. The number of hydrogen-bond acceptors (Lipinski definition) is 5. The van der Waals surface area contributed by atoms with Gasteiger partial charge in [-0.05, 0) is 37.7 Å². The topological polar surface area (TPSA) is 123 Å². The highest BCUT2D eigenvalue weighted by Crippen LogP contribution is 2.52. The van der Waals surface area contributed by atoms with Crippen LogP contribution in [0.4, 0.5) is 9.18 Å². The number of likely N-dealkylation sites (tertiary alicyclic amines) is 1. The van der Waals surface area contributed by atoms with Crippen LogP contribution in [0.3, 0.4) is 0 Å². The lowest BCUT2D eigenvalue weighted by Gasteiger charge is -2.53. The van der Waals surface area contributed by atoms with Gasteiger partial charge in [-0.2, -0.15) is 0 Å². The molecule has 4 aliphatic rings. The van der Waals surface area contributed by atoms with Gasteiger partial charge in [-0.1, -0.05) is 70.1 Å². The molecule has 4 fully saturated rings. The summed E-state index contributed by atoms with van der Waals surface area (Å²) >= 11 is 0. The van der Waals surface area contributed by atoms with E-state index in [0.717, 1.165) is 32.1 Å². The van der Waals surface area contributed by atoms with Gasteiger partial charge < -0.3 is 29.5 Å². The van der Waals surface area contributed by atoms with Crippen LogP contribution in [-0.2, 0) is 11.3 Å². The van der Waals surface area contributed by atoms with Crippen molar-refractivity contribution in [3.63, 3.8) is 0 Å². The maximum absolute atomic E-state index is 15.1. The predicted molar refractivity (Wildman–Crippen MR) is 179 cm³/mol. The second-order valence-corrected chi connectivity index (χ2v) is 14.8. The van der Waals surface area contributed by atoms with Crippen LogP contribution in [0.5, 0.6) is 0 Å². The molecule has 11 heteroatoms. The smallest absolute Gasteiger partial charge is 0.407 e. The molecule has 0 bridgehead atoms. The normalized spacial score (nSPS) is 23.8. The zero-order chi connectivity index (χ0) is 34.1. The molecule has 2 aliphatic carbocycles. The van der Waals surface area contributed by atoms with Gasteiger partial charge in [0.1, 0.15) is 5.82 Å². The Bertz CT molecular complexity index is 1570. The van der Waals surface area contributed by atoms with Crippen molar-refractivity contribution in [2.45, 2.75) is 89.7 Å². The zero-order valence-electron chi connectivity index (χ0n) is 28.0. The average Bonchev–Trinajstić information content (AvgIpc) is 3.57. The van der Waals surface area contributed by atoms with Crippen LogP contribution < -0.4 is 5.56 Å². The molecule has 2 N–H and O–H groups in total. The highest BCUT2D eigenvalue weighted by Gasteiger charge is 2.56. The van der Waals surface area contributed by atoms with Gasteiger partial charge in [-0.3, -0.25) is 14.4 Å². The van der Waals surface area contributed by atoms with Crippen LogP contribution in [0.1, 0.15) is 87.9 Å². The molecule has 2 atom stereocenters. The second kappa shape index (κ2) is 14.0. The molecule has 6 rings (SSSR count). The summed E-state index contributed by atoms with van der Waals surface area (Å²) in [5.74, 6) is -0.329. The van der Waals surface area contributed by atoms with Gasteiger partial charge >= 0.3 is 6.09 Å². The van der Waals surface area contributed by atoms with Gasteiger partial charge in [0.2, 0.25) is 5.91 Å². The third-order valence-electron chi connectivity index (χ3n) is 11.8. The first-order valence-electron chi connectivity index (χ1n) is 17.8. The summed E-state index contributed by atoms with van der Waals surface area (Å²) in [4.78, 5) is 57.7. The van der Waals surface area contributed by atoms with Crippen LogP contribution in [-0.4, -0.2) is 92.3 Å². The lowest BCUT2D eigenvalue weighted by molar-refractivity contribution is -0.163. The molecule has 2 saturated heterocycles. The summed E-state index contributed by atoms with van der Waals surface area (Å²) in [7, 11) is 0. The van der Waals surface area contributed by atoms with Crippen molar-refractivity contribution in [3.8, 4) is 11.1 Å². The fourth-order valence-electron chi connectivity index (χ4n) is 8.94. The molecule has 3 amide bonds. The van der Waals surface area contributed by atoms with Gasteiger partial charge in [-0.25, -0.2) is 9.18 Å². The van der Waals surface area contributed by atoms with E-state index in [2.05, 4.69) is 0 Å². The lowest BCUT2D eigenvalue weighted by atomic mass is 9.65. The van der Waals surface area contributed by atoms with Crippen molar-refractivity contribution in [1.82, 2.24) is 19.3 Å². The van der Waals surface area contributed by atoms with Crippen LogP contribution in [0.25, 0.3) is 11.1 Å². The molecule has 2 saturated carbocycles. The molecular weight excluding hydrogens is 615 g/mol. The number of halogens is 1. The number of nitrogens with zero attached hydrogens (tertiary/aromatic N) is 4. The third kappa shape index (κ3) is 6.75. The lowest BCUT2D eigenvalue weighted by Crippen LogP contribution is -2.62. The first-order chi connectivity index (χ1) is 23.0. The largest absolute Gasteiger partial charge is 0.465 e. The molecule has 0 radical (unpaired) electrons. The van der Waals surface area contributed by atoms with Crippen molar-refractivity contribution < 1.29 is 29.0 Å². The summed E-state index contributed by atoms with van der Waals surface area (Å²) in [5, 5.41) is 21.8. The zero-order valence-corrected chi connectivity index (χ0v) is 28.0. The van der Waals surface area contributed by atoms with E-state index in [0.29, 0.717) is 25.4 Å². The summed E-state index contributed by atoms with van der Waals surface area (Å²) < 4.78 is 16.5. The molecule has 1 aromatic heterocycles. The van der Waals surface area contributed by atoms with Crippen molar-refractivity contribution in [2.75, 3.05) is 39.3 Å². The highest BCUT2D eigenvalue weighted by molar-refractivity contribution is 6.00. The summed E-state index contributed by atoms with van der Waals surface area (Å²) in [6.45, 7) is 3.45. The Labute approximate surface area is 281 Å². The number of aliphatic hydroxyl groups is 1. The van der Waals surface area contributed by atoms with E-state index in [4.69, 9.17) is 0 Å². The number of hydrogen-bond donors (Lipinski definition) is 2. The van der Waals surface area contributed by atoms with Crippen molar-refractivity contribution in [3.05, 3.63) is 58.3 Å². The van der Waals surface area contributed by atoms with Gasteiger partial charge in [0.25, 0.3) is 11.5 Å². The van der Waals surface area contributed by atoms with Gasteiger partial charge in [0.05, 0.1) is 17.7 Å². The first-order valence-corrected chi connectivity index (χ1v) is 17.8. The number of amides is 3. The molecule has 0 unspecified atom stereocenters. The van der Waals surface area contributed by atoms with Crippen molar-refractivity contribution in [1.29, 1.82) is 0 Å². The molecule has 10 nitrogen and oxygen atoms in total. The minimum atomic E-state index is -1.29. The summed E-state index contributed by atoms with van der Waals surface area (Å²) in [5.41, 5.74) is -1.92.